The number of rotatable bonds is 3. The van der Waals surface area contributed by atoms with E-state index in [9.17, 15) is 4.79 Å². The largest absolute Gasteiger partial charge is 0.341 e. The minimum Gasteiger partial charge on any atom is -0.323 e. The van der Waals surface area contributed by atoms with Gasteiger partial charge in [-0.3, -0.25) is 4.84 Å². The molecule has 0 saturated carbocycles. The van der Waals surface area contributed by atoms with Gasteiger partial charge in [-0.2, -0.15) is 0 Å². The maximum absolute atomic E-state index is 11.3. The first kappa shape index (κ1) is 10.3. The molecule has 0 aromatic carbocycles. The summed E-state index contributed by atoms with van der Waals surface area (Å²) in [5.74, 6) is 0.443. The number of nitrogens with one attached hydrogen (secondary N) is 1. The van der Waals surface area contributed by atoms with E-state index >= 15 is 0 Å². The smallest absolute Gasteiger partial charge is 0.323 e. The maximum Gasteiger partial charge on any atom is 0.341 e. The van der Waals surface area contributed by atoms with Crippen LogP contribution in [0.1, 0.15) is 26.7 Å². The molecule has 1 fully saturated rings. The number of hydroxylamine groups is 1. The Labute approximate surface area is 79.2 Å². The third-order valence-corrected chi connectivity index (χ3v) is 1.97. The highest BCUT2D eigenvalue weighted by atomic mass is 16.7. The number of urea groups is 1. The van der Waals surface area contributed by atoms with E-state index in [1.54, 1.807) is 4.90 Å². The van der Waals surface area contributed by atoms with E-state index in [1.165, 1.54) is 0 Å². The quantitative estimate of drug-likeness (QED) is 0.676. The maximum atomic E-state index is 11.3. The summed E-state index contributed by atoms with van der Waals surface area (Å²) < 4.78 is 0. The lowest BCUT2D eigenvalue weighted by molar-refractivity contribution is 0.0346. The standard InChI is InChI=1S/C9H18N2O2/c1-8(2)7-13-10-9(12)11-5-3-4-6-11/h8H,3-7H2,1-2H3,(H,10,12). The van der Waals surface area contributed by atoms with E-state index in [4.69, 9.17) is 4.84 Å². The Morgan fingerprint density at radius 1 is 1.46 bits per heavy atom. The molecule has 4 heteroatoms. The first-order chi connectivity index (χ1) is 6.20. The van der Waals surface area contributed by atoms with Crippen molar-refractivity contribution in [1.29, 1.82) is 0 Å². The molecule has 0 aromatic rings. The average Bonchev–Trinajstić information content (AvgIpc) is 2.55. The zero-order valence-electron chi connectivity index (χ0n) is 8.38. The van der Waals surface area contributed by atoms with Crippen LogP contribution in [0, 0.1) is 5.92 Å². The topological polar surface area (TPSA) is 41.6 Å². The first-order valence-electron chi connectivity index (χ1n) is 4.87. The van der Waals surface area contributed by atoms with E-state index in [2.05, 4.69) is 5.48 Å². The van der Waals surface area contributed by atoms with Gasteiger partial charge in [-0.1, -0.05) is 13.8 Å². The van der Waals surface area contributed by atoms with Crippen molar-refractivity contribution in [3.8, 4) is 0 Å². The molecule has 1 aliphatic heterocycles. The summed E-state index contributed by atoms with van der Waals surface area (Å²) in [6.45, 7) is 6.37. The Kier molecular flexibility index (Phi) is 4.02. The number of likely N-dealkylation sites (tertiary alicyclic amines) is 1. The van der Waals surface area contributed by atoms with Gasteiger partial charge >= 0.3 is 6.03 Å². The molecule has 1 heterocycles. The number of nitrogens with zero attached hydrogens (tertiary/aromatic N) is 1. The Bertz CT molecular complexity index is 165. The van der Waals surface area contributed by atoms with Crippen molar-refractivity contribution in [3.05, 3.63) is 0 Å². The Morgan fingerprint density at radius 2 is 2.08 bits per heavy atom. The van der Waals surface area contributed by atoms with Crippen molar-refractivity contribution in [2.45, 2.75) is 26.7 Å². The third-order valence-electron chi connectivity index (χ3n) is 1.97. The summed E-state index contributed by atoms with van der Waals surface area (Å²) in [4.78, 5) is 18.1. The molecular formula is C9H18N2O2. The molecule has 0 spiro atoms. The molecule has 0 aromatic heterocycles. The van der Waals surface area contributed by atoms with Crippen LogP contribution >= 0.6 is 0 Å². The fraction of sp³-hybridized carbons (Fsp3) is 0.889. The first-order valence-corrected chi connectivity index (χ1v) is 4.87. The number of amides is 2. The Balaban J connectivity index is 2.10. The molecule has 0 bridgehead atoms. The highest BCUT2D eigenvalue weighted by molar-refractivity contribution is 5.73. The summed E-state index contributed by atoms with van der Waals surface area (Å²) in [5, 5.41) is 0. The number of hydrogen-bond acceptors (Lipinski definition) is 2. The summed E-state index contributed by atoms with van der Waals surface area (Å²) in [5.41, 5.74) is 2.44. The summed E-state index contributed by atoms with van der Waals surface area (Å²) in [7, 11) is 0. The normalized spacial score (nSPS) is 16.7. The van der Waals surface area contributed by atoms with E-state index in [0.29, 0.717) is 12.5 Å². The van der Waals surface area contributed by atoms with Crippen molar-refractivity contribution in [1.82, 2.24) is 10.4 Å². The van der Waals surface area contributed by atoms with Crippen LogP contribution in [0.4, 0.5) is 4.79 Å². The molecule has 0 atom stereocenters. The molecule has 1 N–H and O–H groups in total. The molecular weight excluding hydrogens is 168 g/mol. The molecule has 0 aliphatic carbocycles. The van der Waals surface area contributed by atoms with Gasteiger partial charge in [0, 0.05) is 13.1 Å². The van der Waals surface area contributed by atoms with Crippen LogP contribution in [0.15, 0.2) is 0 Å². The molecule has 1 aliphatic rings. The second kappa shape index (κ2) is 5.07. The van der Waals surface area contributed by atoms with Crippen molar-refractivity contribution in [3.63, 3.8) is 0 Å². The van der Waals surface area contributed by atoms with Crippen LogP contribution in [-0.2, 0) is 4.84 Å². The molecule has 4 nitrogen and oxygen atoms in total. The number of carbonyl (C=O) groups excluding carboxylic acids is 1. The van der Waals surface area contributed by atoms with E-state index in [-0.39, 0.29) is 6.03 Å². The minimum absolute atomic E-state index is 0.0989. The van der Waals surface area contributed by atoms with E-state index in [1.807, 2.05) is 13.8 Å². The van der Waals surface area contributed by atoms with Gasteiger partial charge in [0.25, 0.3) is 0 Å². The summed E-state index contributed by atoms with van der Waals surface area (Å²) in [6, 6.07) is -0.0989. The molecule has 0 unspecified atom stereocenters. The van der Waals surface area contributed by atoms with Crippen molar-refractivity contribution < 1.29 is 9.63 Å². The van der Waals surface area contributed by atoms with Crippen molar-refractivity contribution in [2.75, 3.05) is 19.7 Å². The number of hydrogen-bond donors (Lipinski definition) is 1. The Morgan fingerprint density at radius 3 is 2.62 bits per heavy atom. The van der Waals surface area contributed by atoms with Gasteiger partial charge in [-0.05, 0) is 18.8 Å². The number of carbonyl (C=O) groups is 1. The highest BCUT2D eigenvalue weighted by Crippen LogP contribution is 2.06. The second-order valence-electron chi connectivity index (χ2n) is 3.81. The molecule has 76 valence electrons. The van der Waals surface area contributed by atoms with Gasteiger partial charge in [-0.15, -0.1) is 0 Å². The molecule has 1 rings (SSSR count). The summed E-state index contributed by atoms with van der Waals surface area (Å²) in [6.07, 6.45) is 2.22. The third kappa shape index (κ3) is 3.63. The predicted octanol–water partition coefficient (Wildman–Crippen LogP) is 1.38. The lowest BCUT2D eigenvalue weighted by atomic mass is 10.2. The van der Waals surface area contributed by atoms with Gasteiger partial charge in [0.15, 0.2) is 0 Å². The van der Waals surface area contributed by atoms with E-state index < -0.39 is 0 Å². The van der Waals surface area contributed by atoms with Crippen LogP contribution < -0.4 is 5.48 Å². The Hall–Kier alpha value is -0.770. The molecule has 1 saturated heterocycles. The predicted molar refractivity (Wildman–Crippen MR) is 50.1 cm³/mol. The minimum atomic E-state index is -0.0989. The van der Waals surface area contributed by atoms with Crippen LogP contribution in [-0.4, -0.2) is 30.6 Å². The zero-order valence-corrected chi connectivity index (χ0v) is 8.38. The second-order valence-corrected chi connectivity index (χ2v) is 3.81. The van der Waals surface area contributed by atoms with E-state index in [0.717, 1.165) is 25.9 Å². The van der Waals surface area contributed by atoms with Gasteiger partial charge in [0.2, 0.25) is 0 Å². The summed E-state index contributed by atoms with van der Waals surface area (Å²) >= 11 is 0. The molecule has 0 radical (unpaired) electrons. The lowest BCUT2D eigenvalue weighted by Crippen LogP contribution is -2.38. The lowest BCUT2D eigenvalue weighted by Gasteiger charge is -2.16. The van der Waals surface area contributed by atoms with Gasteiger partial charge < -0.3 is 4.90 Å². The van der Waals surface area contributed by atoms with Gasteiger partial charge in [0.1, 0.15) is 0 Å². The van der Waals surface area contributed by atoms with Crippen LogP contribution in [0.2, 0.25) is 0 Å². The average molecular weight is 186 g/mol. The molecule has 2 amide bonds. The van der Waals surface area contributed by atoms with Crippen molar-refractivity contribution >= 4 is 6.03 Å². The highest BCUT2D eigenvalue weighted by Gasteiger charge is 2.17. The van der Waals surface area contributed by atoms with Crippen molar-refractivity contribution in [2.24, 2.45) is 5.92 Å². The fourth-order valence-electron chi connectivity index (χ4n) is 1.25. The van der Waals surface area contributed by atoms with Crippen LogP contribution in [0.25, 0.3) is 0 Å². The van der Waals surface area contributed by atoms with Gasteiger partial charge in [0.05, 0.1) is 6.61 Å². The SMILES string of the molecule is CC(C)CONC(=O)N1CCCC1. The fourth-order valence-corrected chi connectivity index (χ4v) is 1.25. The van der Waals surface area contributed by atoms with Crippen LogP contribution in [0.3, 0.4) is 0 Å². The van der Waals surface area contributed by atoms with Crippen LogP contribution in [0.5, 0.6) is 0 Å². The van der Waals surface area contributed by atoms with Gasteiger partial charge in [-0.25, -0.2) is 10.3 Å². The molecule has 13 heavy (non-hydrogen) atoms. The monoisotopic (exact) mass is 186 g/mol. The zero-order chi connectivity index (χ0) is 9.68.